The number of hydrogen-bond acceptors (Lipinski definition) is 5. The molecule has 0 aliphatic heterocycles. The monoisotopic (exact) mass is 223 g/mol. The summed E-state index contributed by atoms with van der Waals surface area (Å²) >= 11 is 0. The molecule has 0 unspecified atom stereocenters. The highest BCUT2D eigenvalue weighted by Gasteiger charge is 2.21. The van der Waals surface area contributed by atoms with E-state index in [9.17, 15) is 20.0 Å². The molecule has 0 saturated carbocycles. The Morgan fingerprint density at radius 3 is 2.69 bits per heavy atom. The van der Waals surface area contributed by atoms with E-state index < -0.39 is 22.4 Å². The SMILES string of the molecule is O=C(O)c1oc2ccc([N+](=O)[O-])cc2c1O. The molecule has 0 aliphatic carbocycles. The number of nitro groups is 1. The number of rotatable bonds is 2. The van der Waals surface area contributed by atoms with E-state index in [1.165, 1.54) is 6.07 Å². The first-order chi connectivity index (χ1) is 7.50. The van der Waals surface area contributed by atoms with Crippen molar-refractivity contribution in [3.63, 3.8) is 0 Å². The number of fused-ring (bicyclic) bond motifs is 1. The second-order valence-electron chi connectivity index (χ2n) is 3.02. The highest BCUT2D eigenvalue weighted by Crippen LogP contribution is 2.34. The molecule has 2 aromatic rings. The maximum atomic E-state index is 10.6. The van der Waals surface area contributed by atoms with Gasteiger partial charge in [0.15, 0.2) is 5.75 Å². The summed E-state index contributed by atoms with van der Waals surface area (Å²) < 4.78 is 4.82. The molecule has 0 saturated heterocycles. The lowest BCUT2D eigenvalue weighted by atomic mass is 10.2. The molecule has 0 radical (unpaired) electrons. The van der Waals surface area contributed by atoms with Crippen LogP contribution in [-0.2, 0) is 0 Å². The summed E-state index contributed by atoms with van der Waals surface area (Å²) in [5, 5.41) is 28.6. The summed E-state index contributed by atoms with van der Waals surface area (Å²) in [6.45, 7) is 0. The number of benzene rings is 1. The molecule has 1 aromatic carbocycles. The molecule has 1 aromatic heterocycles. The molecule has 0 aliphatic rings. The average molecular weight is 223 g/mol. The van der Waals surface area contributed by atoms with Gasteiger partial charge in [0, 0.05) is 12.1 Å². The van der Waals surface area contributed by atoms with Crippen LogP contribution in [0, 0.1) is 10.1 Å². The summed E-state index contributed by atoms with van der Waals surface area (Å²) in [4.78, 5) is 20.4. The van der Waals surface area contributed by atoms with Crippen LogP contribution in [0.15, 0.2) is 22.6 Å². The minimum Gasteiger partial charge on any atom is -0.504 e. The maximum absolute atomic E-state index is 10.6. The van der Waals surface area contributed by atoms with Crippen LogP contribution in [0.1, 0.15) is 10.6 Å². The Kier molecular flexibility index (Phi) is 2.01. The number of aromatic carboxylic acids is 1. The van der Waals surface area contributed by atoms with Crippen LogP contribution in [0.4, 0.5) is 5.69 Å². The fraction of sp³-hybridized carbons (Fsp3) is 0. The number of furan rings is 1. The summed E-state index contributed by atoms with van der Waals surface area (Å²) in [6.07, 6.45) is 0. The zero-order valence-electron chi connectivity index (χ0n) is 7.71. The van der Waals surface area contributed by atoms with E-state index in [1.54, 1.807) is 0 Å². The Balaban J connectivity index is 2.73. The zero-order chi connectivity index (χ0) is 11.9. The minimum absolute atomic E-state index is 0.00611. The molecule has 2 rings (SSSR count). The van der Waals surface area contributed by atoms with E-state index in [0.717, 1.165) is 12.1 Å². The summed E-state index contributed by atoms with van der Waals surface area (Å²) in [7, 11) is 0. The van der Waals surface area contributed by atoms with Crippen LogP contribution >= 0.6 is 0 Å². The Morgan fingerprint density at radius 1 is 1.44 bits per heavy atom. The van der Waals surface area contributed by atoms with Crippen LogP contribution in [0.3, 0.4) is 0 Å². The first-order valence-corrected chi connectivity index (χ1v) is 4.14. The van der Waals surface area contributed by atoms with Gasteiger partial charge in [0.1, 0.15) is 5.58 Å². The normalized spacial score (nSPS) is 10.5. The average Bonchev–Trinajstić information content (AvgIpc) is 2.56. The van der Waals surface area contributed by atoms with Crippen LogP contribution in [0.5, 0.6) is 5.75 Å². The third kappa shape index (κ3) is 1.34. The zero-order valence-corrected chi connectivity index (χ0v) is 7.71. The fourth-order valence-electron chi connectivity index (χ4n) is 1.33. The van der Waals surface area contributed by atoms with Crippen molar-refractivity contribution in [1.29, 1.82) is 0 Å². The topological polar surface area (TPSA) is 114 Å². The fourth-order valence-corrected chi connectivity index (χ4v) is 1.33. The first kappa shape index (κ1) is 9.97. The van der Waals surface area contributed by atoms with Gasteiger partial charge in [0.05, 0.1) is 10.3 Å². The second-order valence-corrected chi connectivity index (χ2v) is 3.02. The highest BCUT2D eigenvalue weighted by atomic mass is 16.6. The molecule has 2 N–H and O–H groups in total. The lowest BCUT2D eigenvalue weighted by Gasteiger charge is -1.90. The van der Waals surface area contributed by atoms with Crippen molar-refractivity contribution >= 4 is 22.6 Å². The van der Waals surface area contributed by atoms with Gasteiger partial charge in [-0.2, -0.15) is 0 Å². The van der Waals surface area contributed by atoms with Gasteiger partial charge in [-0.3, -0.25) is 10.1 Å². The lowest BCUT2D eigenvalue weighted by Crippen LogP contribution is -1.92. The quantitative estimate of drug-likeness (QED) is 0.592. The number of hydrogen-bond donors (Lipinski definition) is 2. The van der Waals surface area contributed by atoms with Crippen molar-refractivity contribution in [2.24, 2.45) is 0 Å². The van der Waals surface area contributed by atoms with Gasteiger partial charge in [-0.05, 0) is 6.07 Å². The molecule has 0 bridgehead atoms. The molecule has 1 heterocycles. The van der Waals surface area contributed by atoms with Crippen molar-refractivity contribution in [3.8, 4) is 5.75 Å². The van der Waals surface area contributed by atoms with Crippen molar-refractivity contribution in [3.05, 3.63) is 34.1 Å². The van der Waals surface area contributed by atoms with E-state index in [2.05, 4.69) is 0 Å². The van der Waals surface area contributed by atoms with Gasteiger partial charge in [0.25, 0.3) is 11.4 Å². The predicted octanol–water partition coefficient (Wildman–Crippen LogP) is 1.74. The minimum atomic E-state index is -1.43. The van der Waals surface area contributed by atoms with E-state index in [-0.39, 0.29) is 16.7 Å². The second kappa shape index (κ2) is 3.23. The van der Waals surface area contributed by atoms with Crippen LogP contribution < -0.4 is 0 Å². The summed E-state index contributed by atoms with van der Waals surface area (Å²) in [5.41, 5.74) is -0.166. The number of aromatic hydroxyl groups is 1. The number of nitro benzene ring substituents is 1. The highest BCUT2D eigenvalue weighted by molar-refractivity contribution is 5.98. The van der Waals surface area contributed by atoms with Crippen molar-refractivity contribution < 1.29 is 24.3 Å². The van der Waals surface area contributed by atoms with E-state index >= 15 is 0 Å². The Morgan fingerprint density at radius 2 is 2.12 bits per heavy atom. The van der Waals surface area contributed by atoms with Gasteiger partial charge in [-0.1, -0.05) is 0 Å². The summed E-state index contributed by atoms with van der Waals surface area (Å²) in [6, 6.07) is 3.46. The molecule has 0 amide bonds. The molecular weight excluding hydrogens is 218 g/mol. The van der Waals surface area contributed by atoms with E-state index in [0.29, 0.717) is 0 Å². The molecule has 82 valence electrons. The van der Waals surface area contributed by atoms with Crippen LogP contribution in [0.2, 0.25) is 0 Å². The lowest BCUT2D eigenvalue weighted by molar-refractivity contribution is -0.384. The molecule has 0 fully saturated rings. The number of carboxylic acids is 1. The predicted molar refractivity (Wildman–Crippen MR) is 51.5 cm³/mol. The number of carboxylic acid groups (broad SMARTS) is 1. The standard InChI is InChI=1S/C9H5NO6/c11-7-5-3-4(10(14)15)1-2-6(5)16-8(7)9(12)13/h1-3,11H,(H,12,13). The molecule has 0 atom stereocenters. The Labute approximate surface area is 87.7 Å². The van der Waals surface area contributed by atoms with Crippen molar-refractivity contribution in [2.45, 2.75) is 0 Å². The molecule has 7 heteroatoms. The first-order valence-electron chi connectivity index (χ1n) is 4.14. The van der Waals surface area contributed by atoms with Gasteiger partial charge >= 0.3 is 5.97 Å². The van der Waals surface area contributed by atoms with Crippen LogP contribution in [-0.4, -0.2) is 21.1 Å². The van der Waals surface area contributed by atoms with Crippen molar-refractivity contribution in [1.82, 2.24) is 0 Å². The van der Waals surface area contributed by atoms with E-state index in [4.69, 9.17) is 9.52 Å². The molecule has 0 spiro atoms. The van der Waals surface area contributed by atoms with Gasteiger partial charge in [0.2, 0.25) is 0 Å². The smallest absolute Gasteiger partial charge is 0.375 e. The maximum Gasteiger partial charge on any atom is 0.375 e. The molecular formula is C9H5NO6. The molecule has 16 heavy (non-hydrogen) atoms. The van der Waals surface area contributed by atoms with Gasteiger partial charge in [-0.25, -0.2) is 4.79 Å². The largest absolute Gasteiger partial charge is 0.504 e. The van der Waals surface area contributed by atoms with E-state index in [1.807, 2.05) is 0 Å². The number of carbonyl (C=O) groups is 1. The number of non-ortho nitro benzene ring substituents is 1. The third-order valence-corrected chi connectivity index (χ3v) is 2.05. The Hall–Kier alpha value is -2.57. The Bertz CT molecular complexity index is 599. The van der Waals surface area contributed by atoms with Gasteiger partial charge < -0.3 is 14.6 Å². The third-order valence-electron chi connectivity index (χ3n) is 2.05. The van der Waals surface area contributed by atoms with Crippen molar-refractivity contribution in [2.75, 3.05) is 0 Å². The number of nitrogens with zero attached hydrogens (tertiary/aromatic N) is 1. The van der Waals surface area contributed by atoms with Gasteiger partial charge in [-0.15, -0.1) is 0 Å². The molecule has 7 nitrogen and oxygen atoms in total. The summed E-state index contributed by atoms with van der Waals surface area (Å²) in [5.74, 6) is -2.67. The van der Waals surface area contributed by atoms with Crippen LogP contribution in [0.25, 0.3) is 11.0 Å².